The van der Waals surface area contributed by atoms with Crippen molar-refractivity contribution < 1.29 is 4.74 Å². The fourth-order valence-electron chi connectivity index (χ4n) is 3.41. The van der Waals surface area contributed by atoms with Crippen LogP contribution in [0, 0.1) is 6.92 Å². The molecule has 0 bridgehead atoms. The van der Waals surface area contributed by atoms with Crippen LogP contribution in [-0.4, -0.2) is 30.6 Å². The van der Waals surface area contributed by atoms with E-state index in [4.69, 9.17) is 4.74 Å². The molecule has 0 saturated heterocycles. The van der Waals surface area contributed by atoms with Crippen LogP contribution in [0.2, 0.25) is 0 Å². The minimum absolute atomic E-state index is 0. The SMILES string of the molecule is Cc1cc(OCc2ccc(-c3ccccc3-c3nn[nH]n3)cc2)c2ncccc2n1.Cl. The van der Waals surface area contributed by atoms with E-state index in [0.29, 0.717) is 12.4 Å². The van der Waals surface area contributed by atoms with E-state index in [2.05, 4.69) is 60.9 Å². The van der Waals surface area contributed by atoms with Gasteiger partial charge in [-0.2, -0.15) is 5.21 Å². The average molecular weight is 431 g/mol. The van der Waals surface area contributed by atoms with Crippen molar-refractivity contribution >= 4 is 23.4 Å². The molecular formula is C23H19ClN6O. The second-order valence-electron chi connectivity index (χ2n) is 6.90. The summed E-state index contributed by atoms with van der Waals surface area (Å²) in [7, 11) is 0. The molecule has 0 fully saturated rings. The molecule has 3 heterocycles. The molecule has 0 saturated carbocycles. The van der Waals surface area contributed by atoms with E-state index in [0.717, 1.165) is 44.7 Å². The molecule has 31 heavy (non-hydrogen) atoms. The Morgan fingerprint density at radius 2 is 1.74 bits per heavy atom. The van der Waals surface area contributed by atoms with Gasteiger partial charge < -0.3 is 4.74 Å². The van der Waals surface area contributed by atoms with Crippen molar-refractivity contribution in [3.05, 3.63) is 84.2 Å². The number of ether oxygens (including phenoxy) is 1. The third-order valence-electron chi connectivity index (χ3n) is 4.83. The Labute approximate surface area is 184 Å². The largest absolute Gasteiger partial charge is 0.486 e. The van der Waals surface area contributed by atoms with E-state index in [9.17, 15) is 0 Å². The van der Waals surface area contributed by atoms with Gasteiger partial charge in [-0.3, -0.25) is 9.97 Å². The molecule has 0 aliphatic carbocycles. The Balaban J connectivity index is 0.00000231. The number of nitrogens with zero attached hydrogens (tertiary/aromatic N) is 5. The van der Waals surface area contributed by atoms with Crippen LogP contribution in [-0.2, 0) is 6.61 Å². The van der Waals surface area contributed by atoms with Crippen molar-refractivity contribution in [3.63, 3.8) is 0 Å². The number of tetrazole rings is 1. The summed E-state index contributed by atoms with van der Waals surface area (Å²) in [5.41, 5.74) is 6.63. The number of H-pyrrole nitrogens is 1. The van der Waals surface area contributed by atoms with Crippen LogP contribution < -0.4 is 4.74 Å². The fraction of sp³-hybridized carbons (Fsp3) is 0.0870. The maximum absolute atomic E-state index is 6.08. The van der Waals surface area contributed by atoms with Gasteiger partial charge in [-0.25, -0.2) is 0 Å². The van der Waals surface area contributed by atoms with Gasteiger partial charge in [0.25, 0.3) is 0 Å². The van der Waals surface area contributed by atoms with E-state index < -0.39 is 0 Å². The molecule has 5 aromatic rings. The summed E-state index contributed by atoms with van der Waals surface area (Å²) in [5, 5.41) is 14.4. The number of fused-ring (bicyclic) bond motifs is 1. The van der Waals surface area contributed by atoms with Gasteiger partial charge in [-0.05, 0) is 41.0 Å². The van der Waals surface area contributed by atoms with Crippen molar-refractivity contribution in [1.82, 2.24) is 30.6 Å². The molecule has 0 atom stereocenters. The molecule has 0 amide bonds. The summed E-state index contributed by atoms with van der Waals surface area (Å²) >= 11 is 0. The van der Waals surface area contributed by atoms with Gasteiger partial charge in [0.05, 0.1) is 5.52 Å². The van der Waals surface area contributed by atoms with Crippen LogP contribution >= 0.6 is 12.4 Å². The first-order chi connectivity index (χ1) is 14.8. The second-order valence-corrected chi connectivity index (χ2v) is 6.90. The molecule has 0 aliphatic heterocycles. The monoisotopic (exact) mass is 430 g/mol. The highest BCUT2D eigenvalue weighted by molar-refractivity contribution is 5.85. The van der Waals surface area contributed by atoms with Gasteiger partial charge in [0.15, 0.2) is 0 Å². The van der Waals surface area contributed by atoms with Gasteiger partial charge in [-0.1, -0.05) is 48.5 Å². The number of hydrogen-bond donors (Lipinski definition) is 1. The minimum Gasteiger partial charge on any atom is -0.486 e. The maximum Gasteiger partial charge on any atom is 0.205 e. The summed E-state index contributed by atoms with van der Waals surface area (Å²) < 4.78 is 6.08. The van der Waals surface area contributed by atoms with E-state index in [-0.39, 0.29) is 12.4 Å². The smallest absolute Gasteiger partial charge is 0.205 e. The summed E-state index contributed by atoms with van der Waals surface area (Å²) in [6.45, 7) is 2.40. The Bertz CT molecular complexity index is 1310. The average Bonchev–Trinajstić information content (AvgIpc) is 3.33. The zero-order valence-electron chi connectivity index (χ0n) is 16.7. The Hall–Kier alpha value is -3.84. The molecule has 0 spiro atoms. The van der Waals surface area contributed by atoms with Crippen molar-refractivity contribution in [2.75, 3.05) is 0 Å². The number of benzene rings is 2. The number of rotatable bonds is 5. The number of aromatic nitrogens is 6. The lowest BCUT2D eigenvalue weighted by Crippen LogP contribution is -1.98. The molecule has 154 valence electrons. The summed E-state index contributed by atoms with van der Waals surface area (Å²) in [5.74, 6) is 1.31. The van der Waals surface area contributed by atoms with Crippen molar-refractivity contribution in [2.24, 2.45) is 0 Å². The van der Waals surface area contributed by atoms with Crippen molar-refractivity contribution in [2.45, 2.75) is 13.5 Å². The molecular weight excluding hydrogens is 412 g/mol. The van der Waals surface area contributed by atoms with Gasteiger partial charge in [0.2, 0.25) is 5.82 Å². The number of aryl methyl sites for hydroxylation is 1. The van der Waals surface area contributed by atoms with E-state index in [1.807, 2.05) is 43.3 Å². The van der Waals surface area contributed by atoms with Crippen LogP contribution in [0.15, 0.2) is 72.9 Å². The van der Waals surface area contributed by atoms with Gasteiger partial charge in [0.1, 0.15) is 17.9 Å². The molecule has 3 aromatic heterocycles. The van der Waals surface area contributed by atoms with Gasteiger partial charge in [-0.15, -0.1) is 22.6 Å². The second kappa shape index (κ2) is 8.89. The fourth-order valence-corrected chi connectivity index (χ4v) is 3.41. The van der Waals surface area contributed by atoms with Crippen LogP contribution in [0.4, 0.5) is 0 Å². The third kappa shape index (κ3) is 4.22. The normalized spacial score (nSPS) is 10.6. The van der Waals surface area contributed by atoms with Gasteiger partial charge >= 0.3 is 0 Å². The van der Waals surface area contributed by atoms with E-state index in [1.54, 1.807) is 6.20 Å². The molecule has 7 nitrogen and oxygen atoms in total. The van der Waals surface area contributed by atoms with Crippen molar-refractivity contribution in [3.8, 4) is 28.3 Å². The first-order valence-corrected chi connectivity index (χ1v) is 9.55. The molecule has 2 aromatic carbocycles. The topological polar surface area (TPSA) is 89.5 Å². The highest BCUT2D eigenvalue weighted by Crippen LogP contribution is 2.30. The van der Waals surface area contributed by atoms with Crippen LogP contribution in [0.1, 0.15) is 11.3 Å². The first-order valence-electron chi connectivity index (χ1n) is 9.55. The summed E-state index contributed by atoms with van der Waals surface area (Å²) in [4.78, 5) is 8.92. The minimum atomic E-state index is 0. The lowest BCUT2D eigenvalue weighted by Gasteiger charge is -2.11. The van der Waals surface area contributed by atoms with E-state index in [1.165, 1.54) is 0 Å². The number of hydrogen-bond acceptors (Lipinski definition) is 6. The molecule has 1 N–H and O–H groups in total. The first kappa shape index (κ1) is 20.4. The van der Waals surface area contributed by atoms with Crippen LogP contribution in [0.5, 0.6) is 5.75 Å². The highest BCUT2D eigenvalue weighted by Gasteiger charge is 2.11. The molecule has 0 aliphatic rings. The standard InChI is InChI=1S/C23H18N6O.ClH/c1-15-13-21(22-20(25-15)7-4-12-24-22)30-14-16-8-10-17(11-9-16)18-5-2-3-6-19(18)23-26-28-29-27-23;/h2-13H,14H2,1H3,(H,26,27,28,29);1H. The number of pyridine rings is 2. The number of halogens is 1. The third-order valence-corrected chi connectivity index (χ3v) is 4.83. The number of aromatic amines is 1. The summed E-state index contributed by atoms with van der Waals surface area (Å²) in [6, 6.07) is 22.0. The molecule has 8 heteroatoms. The Morgan fingerprint density at radius 1 is 0.935 bits per heavy atom. The Kier molecular flexibility index (Phi) is 5.86. The van der Waals surface area contributed by atoms with Crippen molar-refractivity contribution in [1.29, 1.82) is 0 Å². The zero-order chi connectivity index (χ0) is 20.3. The zero-order valence-corrected chi connectivity index (χ0v) is 17.5. The van der Waals surface area contributed by atoms with Crippen LogP contribution in [0.25, 0.3) is 33.5 Å². The molecule has 0 radical (unpaired) electrons. The number of nitrogens with one attached hydrogen (secondary N) is 1. The van der Waals surface area contributed by atoms with Gasteiger partial charge in [0, 0.05) is 23.5 Å². The van der Waals surface area contributed by atoms with E-state index >= 15 is 0 Å². The molecule has 0 unspecified atom stereocenters. The quantitative estimate of drug-likeness (QED) is 0.431. The van der Waals surface area contributed by atoms with Crippen LogP contribution in [0.3, 0.4) is 0 Å². The predicted molar refractivity (Wildman–Crippen MR) is 121 cm³/mol. The highest BCUT2D eigenvalue weighted by atomic mass is 35.5. The lowest BCUT2D eigenvalue weighted by molar-refractivity contribution is 0.309. The predicted octanol–water partition coefficient (Wildman–Crippen LogP) is 4.79. The maximum atomic E-state index is 6.08. The summed E-state index contributed by atoms with van der Waals surface area (Å²) in [6.07, 6.45) is 1.75. The lowest BCUT2D eigenvalue weighted by atomic mass is 9.98. The molecule has 5 rings (SSSR count). The Morgan fingerprint density at radius 3 is 2.52 bits per heavy atom.